The molecule has 1 amide bonds. The van der Waals surface area contributed by atoms with E-state index >= 15 is 0 Å². The molecule has 7 nitrogen and oxygen atoms in total. The van der Waals surface area contributed by atoms with Crippen molar-refractivity contribution in [1.82, 2.24) is 25.1 Å². The zero-order chi connectivity index (χ0) is 22.7. The van der Waals surface area contributed by atoms with Gasteiger partial charge >= 0.3 is 0 Å². The molecular formula is C26H30N6O. The molecule has 170 valence electrons. The maximum Gasteiger partial charge on any atom is 0.254 e. The lowest BCUT2D eigenvalue weighted by atomic mass is 10.1. The van der Waals surface area contributed by atoms with Crippen LogP contribution in [-0.2, 0) is 13.0 Å². The van der Waals surface area contributed by atoms with Crippen molar-refractivity contribution in [3.05, 3.63) is 70.4 Å². The molecule has 7 heteroatoms. The van der Waals surface area contributed by atoms with Gasteiger partial charge in [-0.15, -0.1) is 0 Å². The van der Waals surface area contributed by atoms with Crippen LogP contribution in [0.4, 0.5) is 5.82 Å². The fraction of sp³-hybridized carbons (Fsp3) is 0.462. The molecule has 1 N–H and O–H groups in total. The Bertz CT molecular complexity index is 1220. The van der Waals surface area contributed by atoms with Gasteiger partial charge in [0, 0.05) is 36.9 Å². The fourth-order valence-corrected chi connectivity index (χ4v) is 5.78. The van der Waals surface area contributed by atoms with Gasteiger partial charge in [-0.25, -0.2) is 4.98 Å². The lowest BCUT2D eigenvalue weighted by molar-refractivity contribution is 0.0936. The topological polar surface area (TPSA) is 75.9 Å². The highest BCUT2D eigenvalue weighted by Gasteiger charge is 2.52. The number of aryl methyl sites for hydroxylation is 2. The van der Waals surface area contributed by atoms with Crippen LogP contribution in [0.3, 0.4) is 0 Å². The van der Waals surface area contributed by atoms with Gasteiger partial charge in [-0.3, -0.25) is 14.5 Å². The average Bonchev–Trinajstić information content (AvgIpc) is 3.31. The van der Waals surface area contributed by atoms with Gasteiger partial charge in [0.2, 0.25) is 0 Å². The number of nitrogens with zero attached hydrogens (tertiary/aromatic N) is 5. The Kier molecular flexibility index (Phi) is 4.75. The van der Waals surface area contributed by atoms with E-state index in [-0.39, 0.29) is 11.9 Å². The Labute approximate surface area is 194 Å². The second-order valence-electron chi connectivity index (χ2n) is 9.96. The maximum absolute atomic E-state index is 12.9. The highest BCUT2D eigenvalue weighted by atomic mass is 16.1. The number of piperidine rings is 1. The number of aromatic nitrogens is 4. The second kappa shape index (κ2) is 7.68. The molecule has 1 saturated carbocycles. The van der Waals surface area contributed by atoms with Crippen LogP contribution in [-0.4, -0.2) is 38.7 Å². The molecule has 6 rings (SSSR count). The number of fused-ring (bicyclic) bond motifs is 2. The zero-order valence-electron chi connectivity index (χ0n) is 19.5. The number of amides is 1. The van der Waals surface area contributed by atoms with E-state index in [1.807, 2.05) is 30.1 Å². The summed E-state index contributed by atoms with van der Waals surface area (Å²) in [5.74, 6) is 3.61. The molecule has 2 aliphatic carbocycles. The first-order valence-corrected chi connectivity index (χ1v) is 12.0. The molecule has 4 atom stereocenters. The smallest absolute Gasteiger partial charge is 0.254 e. The van der Waals surface area contributed by atoms with Crippen LogP contribution in [0.5, 0.6) is 0 Å². The minimum absolute atomic E-state index is 0.0381. The highest BCUT2D eigenvalue weighted by molar-refractivity contribution is 5.94. The summed E-state index contributed by atoms with van der Waals surface area (Å²) in [7, 11) is 0. The van der Waals surface area contributed by atoms with Crippen LogP contribution in [0.1, 0.15) is 57.8 Å². The average molecular weight is 443 g/mol. The van der Waals surface area contributed by atoms with Crippen LogP contribution in [0, 0.1) is 31.6 Å². The predicted molar refractivity (Wildman–Crippen MR) is 126 cm³/mol. The summed E-state index contributed by atoms with van der Waals surface area (Å²) in [6.45, 7) is 9.33. The minimum Gasteiger partial charge on any atom is -0.356 e. The van der Waals surface area contributed by atoms with E-state index in [2.05, 4.69) is 46.3 Å². The quantitative estimate of drug-likeness (QED) is 0.655. The van der Waals surface area contributed by atoms with Gasteiger partial charge < -0.3 is 10.2 Å². The van der Waals surface area contributed by atoms with Crippen molar-refractivity contribution in [1.29, 1.82) is 0 Å². The van der Waals surface area contributed by atoms with Gasteiger partial charge in [-0.2, -0.15) is 5.10 Å². The summed E-state index contributed by atoms with van der Waals surface area (Å²) < 4.78 is 1.82. The molecule has 3 aliphatic rings. The summed E-state index contributed by atoms with van der Waals surface area (Å²) in [5, 5.41) is 7.62. The molecule has 0 radical (unpaired) electrons. The van der Waals surface area contributed by atoms with Gasteiger partial charge in [-0.05, 0) is 73.3 Å². The van der Waals surface area contributed by atoms with Crippen LogP contribution in [0.25, 0.3) is 0 Å². The number of hydrogen-bond donors (Lipinski definition) is 1. The van der Waals surface area contributed by atoms with Gasteiger partial charge in [0.05, 0.1) is 24.3 Å². The number of pyridine rings is 2. The Morgan fingerprint density at radius 3 is 2.76 bits per heavy atom. The summed E-state index contributed by atoms with van der Waals surface area (Å²) in [5.41, 5.74) is 6.25. The van der Waals surface area contributed by atoms with Crippen LogP contribution in [0.2, 0.25) is 0 Å². The predicted octanol–water partition coefficient (Wildman–Crippen LogP) is 3.46. The largest absolute Gasteiger partial charge is 0.356 e. The Morgan fingerprint density at radius 1 is 1.15 bits per heavy atom. The number of carbonyl (C=O) groups is 1. The lowest BCUT2D eigenvalue weighted by Gasteiger charge is -2.21. The summed E-state index contributed by atoms with van der Waals surface area (Å²) in [4.78, 5) is 24.5. The summed E-state index contributed by atoms with van der Waals surface area (Å²) >= 11 is 0. The van der Waals surface area contributed by atoms with Gasteiger partial charge in [-0.1, -0.05) is 13.0 Å². The SMILES string of the molecule is Cc1nc(N2C[C@@H]3C(C)[C@@H]3C2)ccc1Cn1cc(C(=O)N[C@@H]2CCc3c2ccnc3C)cn1. The first-order valence-electron chi connectivity index (χ1n) is 12.0. The van der Waals surface area contributed by atoms with Gasteiger partial charge in [0.15, 0.2) is 0 Å². The molecule has 33 heavy (non-hydrogen) atoms. The van der Waals surface area contributed by atoms with Crippen molar-refractivity contribution >= 4 is 11.7 Å². The normalized spacial score (nSPS) is 25.1. The molecule has 3 aromatic heterocycles. The fourth-order valence-electron chi connectivity index (χ4n) is 5.78. The number of carbonyl (C=O) groups excluding carboxylic acids is 1. The third-order valence-corrected chi connectivity index (χ3v) is 8.03. The third-order valence-electron chi connectivity index (χ3n) is 8.03. The van der Waals surface area contributed by atoms with E-state index in [1.54, 1.807) is 6.20 Å². The first kappa shape index (κ1) is 20.4. The van der Waals surface area contributed by atoms with Crippen LogP contribution in [0.15, 0.2) is 36.8 Å². The molecule has 1 saturated heterocycles. The van der Waals surface area contributed by atoms with Crippen LogP contribution >= 0.6 is 0 Å². The van der Waals surface area contributed by atoms with Crippen molar-refractivity contribution < 1.29 is 4.79 Å². The second-order valence-corrected chi connectivity index (χ2v) is 9.96. The van der Waals surface area contributed by atoms with Crippen molar-refractivity contribution in [3.63, 3.8) is 0 Å². The van der Waals surface area contributed by atoms with Gasteiger partial charge in [0.1, 0.15) is 5.82 Å². The molecule has 1 unspecified atom stereocenters. The monoisotopic (exact) mass is 442 g/mol. The van der Waals surface area contributed by atoms with E-state index in [0.717, 1.165) is 66.5 Å². The van der Waals surface area contributed by atoms with E-state index in [9.17, 15) is 4.79 Å². The lowest BCUT2D eigenvalue weighted by Crippen LogP contribution is -2.26. The van der Waals surface area contributed by atoms with Crippen molar-refractivity contribution in [2.24, 2.45) is 17.8 Å². The van der Waals surface area contributed by atoms with Crippen molar-refractivity contribution in [2.45, 2.75) is 46.2 Å². The molecule has 0 spiro atoms. The Morgan fingerprint density at radius 2 is 1.97 bits per heavy atom. The third kappa shape index (κ3) is 3.59. The van der Waals surface area contributed by atoms with E-state index in [1.165, 1.54) is 11.1 Å². The number of anilines is 1. The standard InChI is InChI=1S/C26H30N6O/c1-15-22-13-31(14-23(15)22)25-7-4-18(16(2)29-25)11-32-12-19(10-28-32)26(33)30-24-6-5-20-17(3)27-9-8-21(20)24/h4,7-10,12,15,22-24H,5-6,11,13-14H2,1-3H3,(H,30,33)/t15?,22-,23+,24-/m1/s1. The molecule has 0 aromatic carbocycles. The first-order chi connectivity index (χ1) is 16.0. The van der Waals surface area contributed by atoms with E-state index in [4.69, 9.17) is 4.98 Å². The van der Waals surface area contributed by atoms with E-state index in [0.29, 0.717) is 12.1 Å². The molecule has 4 heterocycles. The molecule has 0 bridgehead atoms. The number of rotatable bonds is 5. The summed E-state index contributed by atoms with van der Waals surface area (Å²) in [6.07, 6.45) is 7.17. The van der Waals surface area contributed by atoms with Crippen molar-refractivity contribution in [2.75, 3.05) is 18.0 Å². The van der Waals surface area contributed by atoms with Crippen LogP contribution < -0.4 is 10.2 Å². The number of nitrogens with one attached hydrogen (secondary N) is 1. The van der Waals surface area contributed by atoms with Crippen molar-refractivity contribution in [3.8, 4) is 0 Å². The highest BCUT2D eigenvalue weighted by Crippen LogP contribution is 2.51. The number of hydrogen-bond acceptors (Lipinski definition) is 5. The molecule has 3 aromatic rings. The molecule has 2 fully saturated rings. The van der Waals surface area contributed by atoms with Gasteiger partial charge in [0.25, 0.3) is 5.91 Å². The van der Waals surface area contributed by atoms with E-state index < -0.39 is 0 Å². The minimum atomic E-state index is -0.0828. The molecular weight excluding hydrogens is 412 g/mol. The zero-order valence-corrected chi connectivity index (χ0v) is 19.5. The maximum atomic E-state index is 12.9. The Hall–Kier alpha value is -3.22. The Balaban J connectivity index is 1.11. The molecule has 1 aliphatic heterocycles. The summed E-state index contributed by atoms with van der Waals surface area (Å²) in [6, 6.07) is 6.34.